The van der Waals surface area contributed by atoms with Crippen LogP contribution in [-0.2, 0) is 0 Å². The minimum atomic E-state index is 0.506. The third kappa shape index (κ3) is 1.73. The molecule has 2 N–H and O–H groups in total. The van der Waals surface area contributed by atoms with Gasteiger partial charge in [0, 0.05) is 29.5 Å². The van der Waals surface area contributed by atoms with Gasteiger partial charge in [-0.05, 0) is 12.1 Å². The number of anilines is 1. The molecule has 0 aromatic heterocycles. The highest BCUT2D eigenvalue weighted by Gasteiger charge is 2.17. The maximum absolute atomic E-state index is 9.09. The molecule has 0 spiro atoms. The lowest BCUT2D eigenvalue weighted by atomic mass is 10.0. The van der Waals surface area contributed by atoms with Crippen LogP contribution in [0.4, 0.5) is 5.69 Å². The molecule has 0 saturated carbocycles. The van der Waals surface area contributed by atoms with Gasteiger partial charge in [-0.25, -0.2) is 0 Å². The van der Waals surface area contributed by atoms with Gasteiger partial charge in [0.2, 0.25) is 0 Å². The van der Waals surface area contributed by atoms with E-state index in [4.69, 9.17) is 5.26 Å². The monoisotopic (exact) mass is 223 g/mol. The first kappa shape index (κ1) is 10.1. The summed E-state index contributed by atoms with van der Waals surface area (Å²) >= 11 is 0. The molecule has 3 heteroatoms. The molecule has 84 valence electrons. The van der Waals surface area contributed by atoms with E-state index in [2.05, 4.69) is 22.8 Å². The molecule has 0 atom stereocenters. The second kappa shape index (κ2) is 4.08. The van der Waals surface area contributed by atoms with Gasteiger partial charge in [0.05, 0.1) is 17.7 Å². The summed E-state index contributed by atoms with van der Waals surface area (Å²) in [7, 11) is 0. The lowest BCUT2D eigenvalue weighted by Gasteiger charge is -2.29. The van der Waals surface area contributed by atoms with E-state index in [1.807, 2.05) is 30.3 Å². The lowest BCUT2D eigenvalue weighted by molar-refractivity contribution is 0.472. The molecule has 1 heterocycles. The fourth-order valence-electron chi connectivity index (χ4n) is 2.13. The largest absolute Gasteiger partial charge is 0.379 e. The van der Waals surface area contributed by atoms with Gasteiger partial charge in [-0.15, -0.1) is 0 Å². The minimum absolute atomic E-state index is 0.506. The van der Waals surface area contributed by atoms with E-state index in [-0.39, 0.29) is 0 Å². The standard InChI is InChI=1S/C14H13N3/c15-7-10-5-6-14(17-11-8-16-9-11)13-4-2-1-3-12(10)13/h1-6,11,16-17H,8-9H2. The van der Waals surface area contributed by atoms with Crippen molar-refractivity contribution in [1.82, 2.24) is 5.32 Å². The van der Waals surface area contributed by atoms with Gasteiger partial charge in [0.25, 0.3) is 0 Å². The zero-order valence-electron chi connectivity index (χ0n) is 9.40. The molecular formula is C14H13N3. The zero-order chi connectivity index (χ0) is 11.7. The van der Waals surface area contributed by atoms with Crippen LogP contribution in [0.5, 0.6) is 0 Å². The molecule has 3 nitrogen and oxygen atoms in total. The molecule has 1 aliphatic heterocycles. The van der Waals surface area contributed by atoms with Crippen molar-refractivity contribution in [3.05, 3.63) is 42.0 Å². The number of hydrogen-bond acceptors (Lipinski definition) is 3. The second-order valence-corrected chi connectivity index (χ2v) is 4.32. The third-order valence-electron chi connectivity index (χ3n) is 3.19. The highest BCUT2D eigenvalue weighted by molar-refractivity contribution is 5.97. The maximum Gasteiger partial charge on any atom is 0.0998 e. The first-order chi connectivity index (χ1) is 8.38. The summed E-state index contributed by atoms with van der Waals surface area (Å²) in [5.41, 5.74) is 1.85. The van der Waals surface area contributed by atoms with Gasteiger partial charge < -0.3 is 10.6 Å². The normalized spacial score (nSPS) is 15.2. The highest BCUT2D eigenvalue weighted by atomic mass is 15.1. The fraction of sp³-hybridized carbons (Fsp3) is 0.214. The van der Waals surface area contributed by atoms with Crippen LogP contribution in [0.3, 0.4) is 0 Å². The first-order valence-corrected chi connectivity index (χ1v) is 5.77. The number of nitriles is 1. The van der Waals surface area contributed by atoms with E-state index >= 15 is 0 Å². The van der Waals surface area contributed by atoms with Gasteiger partial charge in [0.15, 0.2) is 0 Å². The lowest BCUT2D eigenvalue weighted by Crippen LogP contribution is -2.51. The summed E-state index contributed by atoms with van der Waals surface area (Å²) in [4.78, 5) is 0. The number of nitrogens with zero attached hydrogens (tertiary/aromatic N) is 1. The second-order valence-electron chi connectivity index (χ2n) is 4.32. The van der Waals surface area contributed by atoms with E-state index in [1.165, 1.54) is 0 Å². The van der Waals surface area contributed by atoms with Crippen LogP contribution in [0.25, 0.3) is 10.8 Å². The Labute approximate surface area is 100 Å². The number of benzene rings is 2. The Morgan fingerprint density at radius 3 is 2.53 bits per heavy atom. The SMILES string of the molecule is N#Cc1ccc(NC2CNC2)c2ccccc12. The number of rotatable bonds is 2. The molecule has 1 saturated heterocycles. The highest BCUT2D eigenvalue weighted by Crippen LogP contribution is 2.27. The molecule has 2 aromatic carbocycles. The van der Waals surface area contributed by atoms with Crippen molar-refractivity contribution in [2.24, 2.45) is 0 Å². The van der Waals surface area contributed by atoms with E-state index < -0.39 is 0 Å². The van der Waals surface area contributed by atoms with Crippen molar-refractivity contribution in [3.63, 3.8) is 0 Å². The van der Waals surface area contributed by atoms with Gasteiger partial charge >= 0.3 is 0 Å². The summed E-state index contributed by atoms with van der Waals surface area (Å²) in [5.74, 6) is 0. The summed E-state index contributed by atoms with van der Waals surface area (Å²) in [5, 5.41) is 18.0. The average molecular weight is 223 g/mol. The van der Waals surface area contributed by atoms with Crippen LogP contribution < -0.4 is 10.6 Å². The first-order valence-electron chi connectivity index (χ1n) is 5.77. The van der Waals surface area contributed by atoms with E-state index in [0.29, 0.717) is 6.04 Å². The molecule has 0 aliphatic carbocycles. The average Bonchev–Trinajstić information content (AvgIpc) is 2.33. The molecule has 1 fully saturated rings. The van der Waals surface area contributed by atoms with Crippen LogP contribution in [-0.4, -0.2) is 19.1 Å². The fourth-order valence-corrected chi connectivity index (χ4v) is 2.13. The van der Waals surface area contributed by atoms with Crippen molar-refractivity contribution in [2.75, 3.05) is 18.4 Å². The van der Waals surface area contributed by atoms with Crippen molar-refractivity contribution in [2.45, 2.75) is 6.04 Å². The van der Waals surface area contributed by atoms with Crippen LogP contribution >= 0.6 is 0 Å². The van der Waals surface area contributed by atoms with Gasteiger partial charge in [-0.2, -0.15) is 5.26 Å². The quantitative estimate of drug-likeness (QED) is 0.819. The van der Waals surface area contributed by atoms with Crippen molar-refractivity contribution < 1.29 is 0 Å². The molecule has 0 radical (unpaired) electrons. The van der Waals surface area contributed by atoms with Crippen molar-refractivity contribution in [3.8, 4) is 6.07 Å². The van der Waals surface area contributed by atoms with Crippen LogP contribution in [0.2, 0.25) is 0 Å². The van der Waals surface area contributed by atoms with Crippen LogP contribution in [0.1, 0.15) is 5.56 Å². The van der Waals surface area contributed by atoms with Gasteiger partial charge in [-0.1, -0.05) is 24.3 Å². The minimum Gasteiger partial charge on any atom is -0.379 e. The zero-order valence-corrected chi connectivity index (χ0v) is 9.40. The van der Waals surface area contributed by atoms with E-state index in [1.54, 1.807) is 0 Å². The Balaban J connectivity index is 2.09. The molecule has 0 bridgehead atoms. The summed E-state index contributed by atoms with van der Waals surface area (Å²) in [6.45, 7) is 2.02. The molecular weight excluding hydrogens is 210 g/mol. The van der Waals surface area contributed by atoms with E-state index in [9.17, 15) is 0 Å². The number of nitrogens with one attached hydrogen (secondary N) is 2. The predicted molar refractivity (Wildman–Crippen MR) is 68.9 cm³/mol. The van der Waals surface area contributed by atoms with Crippen molar-refractivity contribution in [1.29, 1.82) is 5.26 Å². The molecule has 2 aromatic rings. The summed E-state index contributed by atoms with van der Waals surface area (Å²) < 4.78 is 0. The molecule has 3 rings (SSSR count). The Bertz CT molecular complexity index is 594. The summed E-state index contributed by atoms with van der Waals surface area (Å²) in [6, 6.07) is 14.7. The van der Waals surface area contributed by atoms with E-state index in [0.717, 1.165) is 35.1 Å². The Kier molecular flexibility index (Phi) is 2.43. The molecule has 1 aliphatic rings. The summed E-state index contributed by atoms with van der Waals surface area (Å²) in [6.07, 6.45) is 0. The van der Waals surface area contributed by atoms with Crippen molar-refractivity contribution >= 4 is 16.5 Å². The topological polar surface area (TPSA) is 47.9 Å². The van der Waals surface area contributed by atoms with Gasteiger partial charge in [0.1, 0.15) is 0 Å². The third-order valence-corrected chi connectivity index (χ3v) is 3.19. The number of fused-ring (bicyclic) bond motifs is 1. The molecule has 0 amide bonds. The Hall–Kier alpha value is -2.05. The number of hydrogen-bond donors (Lipinski definition) is 2. The maximum atomic E-state index is 9.09. The van der Waals surface area contributed by atoms with Crippen LogP contribution in [0, 0.1) is 11.3 Å². The Morgan fingerprint density at radius 2 is 1.88 bits per heavy atom. The van der Waals surface area contributed by atoms with Crippen LogP contribution in [0.15, 0.2) is 36.4 Å². The smallest absolute Gasteiger partial charge is 0.0998 e. The molecule has 0 unspecified atom stereocenters. The Morgan fingerprint density at radius 1 is 1.12 bits per heavy atom. The molecule has 17 heavy (non-hydrogen) atoms. The van der Waals surface area contributed by atoms with Gasteiger partial charge in [-0.3, -0.25) is 0 Å². The predicted octanol–water partition coefficient (Wildman–Crippen LogP) is 2.10.